The van der Waals surface area contributed by atoms with Gasteiger partial charge in [-0.05, 0) is 18.6 Å². The molecule has 1 aliphatic heterocycles. The molecule has 0 radical (unpaired) electrons. The summed E-state index contributed by atoms with van der Waals surface area (Å²) in [6.45, 7) is 0. The van der Waals surface area contributed by atoms with Crippen LogP contribution in [0.5, 0.6) is 0 Å². The van der Waals surface area contributed by atoms with Crippen LogP contribution in [0.25, 0.3) is 0 Å². The van der Waals surface area contributed by atoms with Crippen LogP contribution < -0.4 is 0 Å². The van der Waals surface area contributed by atoms with Gasteiger partial charge in [0.15, 0.2) is 5.78 Å². The predicted octanol–water partition coefficient (Wildman–Crippen LogP) is 2.05. The van der Waals surface area contributed by atoms with Gasteiger partial charge in [-0.25, -0.2) is 8.78 Å². The third-order valence-electron chi connectivity index (χ3n) is 2.30. The molecule has 2 nitrogen and oxygen atoms in total. The predicted molar refractivity (Wildman–Crippen MR) is 51.2 cm³/mol. The van der Waals surface area contributed by atoms with Crippen molar-refractivity contribution in [1.82, 2.24) is 0 Å². The lowest BCUT2D eigenvalue weighted by Gasteiger charge is -2.05. The summed E-state index contributed by atoms with van der Waals surface area (Å²) < 4.78 is 38.3. The summed E-state index contributed by atoms with van der Waals surface area (Å²) in [5.74, 6) is -1.81. The zero-order chi connectivity index (χ0) is 11.0. The van der Waals surface area contributed by atoms with Crippen molar-refractivity contribution in [2.24, 2.45) is 0 Å². The van der Waals surface area contributed by atoms with Crippen LogP contribution in [0.1, 0.15) is 23.2 Å². The van der Waals surface area contributed by atoms with E-state index in [1.165, 1.54) is 0 Å². The van der Waals surface area contributed by atoms with Crippen molar-refractivity contribution in [1.29, 1.82) is 0 Å². The number of carbonyl (C=O) groups is 1. The SMILES string of the molecule is O=C1CCCS(=O)c2c(F)ccc(F)c21. The van der Waals surface area contributed by atoms with Gasteiger partial charge in [-0.1, -0.05) is 0 Å². The lowest BCUT2D eigenvalue weighted by atomic mass is 10.1. The summed E-state index contributed by atoms with van der Waals surface area (Å²) in [4.78, 5) is 11.2. The summed E-state index contributed by atoms with van der Waals surface area (Å²) in [7, 11) is -1.61. The van der Waals surface area contributed by atoms with E-state index in [-0.39, 0.29) is 22.6 Å². The third-order valence-corrected chi connectivity index (χ3v) is 3.81. The number of rotatable bonds is 0. The molecule has 0 N–H and O–H groups in total. The Morgan fingerprint density at radius 3 is 2.60 bits per heavy atom. The molecule has 0 saturated heterocycles. The Morgan fingerprint density at radius 1 is 1.20 bits per heavy atom. The first-order chi connectivity index (χ1) is 7.11. The molecule has 1 aromatic rings. The highest BCUT2D eigenvalue weighted by Crippen LogP contribution is 2.26. The van der Waals surface area contributed by atoms with Crippen LogP contribution in [0.4, 0.5) is 8.78 Å². The highest BCUT2D eigenvalue weighted by atomic mass is 32.2. The van der Waals surface area contributed by atoms with Gasteiger partial charge in [0.1, 0.15) is 11.6 Å². The first-order valence-electron chi connectivity index (χ1n) is 4.51. The van der Waals surface area contributed by atoms with Gasteiger partial charge in [-0.2, -0.15) is 0 Å². The average Bonchev–Trinajstić information content (AvgIpc) is 2.33. The van der Waals surface area contributed by atoms with Crippen molar-refractivity contribution >= 4 is 16.6 Å². The van der Waals surface area contributed by atoms with Gasteiger partial charge < -0.3 is 0 Å². The van der Waals surface area contributed by atoms with E-state index in [0.29, 0.717) is 6.42 Å². The minimum Gasteiger partial charge on any atom is -0.294 e. The molecule has 0 spiro atoms. The molecule has 1 atom stereocenters. The second kappa shape index (κ2) is 3.81. The fourth-order valence-electron chi connectivity index (χ4n) is 1.61. The van der Waals surface area contributed by atoms with Crippen LogP contribution in [-0.4, -0.2) is 15.7 Å². The van der Waals surface area contributed by atoms with Gasteiger partial charge >= 0.3 is 0 Å². The molecule has 0 aliphatic carbocycles. The zero-order valence-corrected chi connectivity index (χ0v) is 8.57. The summed E-state index contributed by atoms with van der Waals surface area (Å²) >= 11 is 0. The quantitative estimate of drug-likeness (QED) is 0.683. The molecule has 1 aliphatic rings. The van der Waals surface area contributed by atoms with Gasteiger partial charge in [0, 0.05) is 12.2 Å². The van der Waals surface area contributed by atoms with Crippen molar-refractivity contribution in [3.05, 3.63) is 29.3 Å². The number of hydrogen-bond acceptors (Lipinski definition) is 2. The average molecular weight is 230 g/mol. The van der Waals surface area contributed by atoms with E-state index in [4.69, 9.17) is 0 Å². The third kappa shape index (κ3) is 1.71. The maximum atomic E-state index is 13.3. The molecule has 1 aromatic carbocycles. The second-order valence-electron chi connectivity index (χ2n) is 3.31. The van der Waals surface area contributed by atoms with Gasteiger partial charge in [0.25, 0.3) is 0 Å². The Bertz CT molecular complexity index is 416. The van der Waals surface area contributed by atoms with Crippen molar-refractivity contribution in [3.63, 3.8) is 0 Å². The van der Waals surface area contributed by atoms with Gasteiger partial charge in [0.05, 0.1) is 21.3 Å². The summed E-state index contributed by atoms with van der Waals surface area (Å²) in [5.41, 5.74) is -0.328. The van der Waals surface area contributed by atoms with Gasteiger partial charge in [-0.15, -0.1) is 0 Å². The van der Waals surface area contributed by atoms with E-state index in [0.717, 1.165) is 12.1 Å². The molecule has 0 amide bonds. The van der Waals surface area contributed by atoms with Crippen LogP contribution in [-0.2, 0) is 10.8 Å². The molecule has 15 heavy (non-hydrogen) atoms. The first kappa shape index (κ1) is 10.4. The van der Waals surface area contributed by atoms with E-state index in [9.17, 15) is 17.8 Å². The minimum atomic E-state index is -1.61. The van der Waals surface area contributed by atoms with Crippen LogP contribution in [0, 0.1) is 11.6 Å². The van der Waals surface area contributed by atoms with Crippen molar-refractivity contribution in [3.8, 4) is 0 Å². The summed E-state index contributed by atoms with van der Waals surface area (Å²) in [5, 5.41) is 0. The molecule has 1 heterocycles. The number of carbonyl (C=O) groups excluding carboxylic acids is 1. The number of fused-ring (bicyclic) bond motifs is 1. The molecule has 0 fully saturated rings. The summed E-state index contributed by atoms with van der Waals surface area (Å²) in [6.07, 6.45) is 0.526. The van der Waals surface area contributed by atoms with Crippen LogP contribution in [0.2, 0.25) is 0 Å². The Balaban J connectivity index is 2.74. The molecule has 0 bridgehead atoms. The molecular weight excluding hydrogens is 222 g/mol. The molecule has 0 saturated carbocycles. The Morgan fingerprint density at radius 2 is 1.87 bits per heavy atom. The fraction of sp³-hybridized carbons (Fsp3) is 0.300. The number of benzene rings is 1. The van der Waals surface area contributed by atoms with Crippen molar-refractivity contribution < 1.29 is 17.8 Å². The highest BCUT2D eigenvalue weighted by molar-refractivity contribution is 7.85. The molecule has 2 rings (SSSR count). The van der Waals surface area contributed by atoms with E-state index >= 15 is 0 Å². The topological polar surface area (TPSA) is 34.1 Å². The maximum absolute atomic E-state index is 13.3. The second-order valence-corrected chi connectivity index (χ2v) is 4.82. The largest absolute Gasteiger partial charge is 0.294 e. The molecule has 1 unspecified atom stereocenters. The lowest BCUT2D eigenvalue weighted by Crippen LogP contribution is -2.07. The van der Waals surface area contributed by atoms with Crippen LogP contribution in [0.15, 0.2) is 17.0 Å². The molecule has 5 heteroatoms. The monoisotopic (exact) mass is 230 g/mol. The molecular formula is C10H8F2O2S. The van der Waals surface area contributed by atoms with E-state index < -0.39 is 28.2 Å². The van der Waals surface area contributed by atoms with Gasteiger partial charge in [0.2, 0.25) is 0 Å². The van der Waals surface area contributed by atoms with E-state index in [2.05, 4.69) is 0 Å². The Kier molecular flexibility index (Phi) is 2.65. The zero-order valence-electron chi connectivity index (χ0n) is 7.76. The fourth-order valence-corrected chi connectivity index (χ4v) is 2.94. The normalized spacial score (nSPS) is 20.9. The standard InChI is InChI=1S/C10H8F2O2S/c11-6-3-4-7(12)10-9(6)8(13)2-1-5-15(10)14/h3-4H,1-2,5H2. The number of ketones is 1. The smallest absolute Gasteiger partial charge is 0.167 e. The van der Waals surface area contributed by atoms with Gasteiger partial charge in [-0.3, -0.25) is 9.00 Å². The van der Waals surface area contributed by atoms with E-state index in [1.807, 2.05) is 0 Å². The number of halogens is 2. The highest BCUT2D eigenvalue weighted by Gasteiger charge is 2.26. The number of hydrogen-bond donors (Lipinski definition) is 0. The first-order valence-corrected chi connectivity index (χ1v) is 5.82. The summed E-state index contributed by atoms with van der Waals surface area (Å²) in [6, 6.07) is 1.80. The Labute approximate surface area is 87.8 Å². The van der Waals surface area contributed by atoms with Crippen molar-refractivity contribution in [2.45, 2.75) is 17.7 Å². The van der Waals surface area contributed by atoms with E-state index in [1.54, 1.807) is 0 Å². The molecule has 80 valence electrons. The van der Waals surface area contributed by atoms with Crippen LogP contribution >= 0.6 is 0 Å². The Hall–Kier alpha value is -1.10. The van der Waals surface area contributed by atoms with Crippen LogP contribution in [0.3, 0.4) is 0 Å². The lowest BCUT2D eigenvalue weighted by molar-refractivity contribution is 0.0975. The number of Topliss-reactive ketones (excluding diaryl/α,β-unsaturated/α-hetero) is 1. The molecule has 0 aromatic heterocycles. The van der Waals surface area contributed by atoms with Crippen molar-refractivity contribution in [2.75, 3.05) is 5.75 Å². The maximum Gasteiger partial charge on any atom is 0.167 e. The minimum absolute atomic E-state index is 0.124.